The molecular formula is C21H21ClO3. The Labute approximate surface area is 153 Å². The molecule has 0 radical (unpaired) electrons. The zero-order valence-electron chi connectivity index (χ0n) is 14.6. The fourth-order valence-electron chi connectivity index (χ4n) is 2.42. The zero-order chi connectivity index (χ0) is 18.2. The van der Waals surface area contributed by atoms with Crippen LogP contribution in [0.25, 0.3) is 12.2 Å². The molecule has 2 aromatic carbocycles. The lowest BCUT2D eigenvalue weighted by Crippen LogP contribution is -1.98. The molecule has 0 fully saturated rings. The van der Waals surface area contributed by atoms with Crippen molar-refractivity contribution in [3.63, 3.8) is 0 Å². The third-order valence-corrected chi connectivity index (χ3v) is 4.01. The summed E-state index contributed by atoms with van der Waals surface area (Å²) in [6.07, 6.45) is 5.82. The third-order valence-electron chi connectivity index (χ3n) is 3.76. The van der Waals surface area contributed by atoms with Crippen LogP contribution in [0.2, 0.25) is 5.02 Å². The molecule has 0 aliphatic carbocycles. The van der Waals surface area contributed by atoms with Crippen molar-refractivity contribution in [2.24, 2.45) is 0 Å². The Balaban J connectivity index is 2.25. The Morgan fingerprint density at radius 1 is 1.08 bits per heavy atom. The first-order chi connectivity index (χ1) is 12.1. The van der Waals surface area contributed by atoms with Crippen LogP contribution < -0.4 is 9.47 Å². The second kappa shape index (κ2) is 9.09. The van der Waals surface area contributed by atoms with Crippen molar-refractivity contribution in [2.75, 3.05) is 14.2 Å². The number of hydrogen-bond acceptors (Lipinski definition) is 3. The lowest BCUT2D eigenvalue weighted by atomic mass is 10.0. The van der Waals surface area contributed by atoms with Gasteiger partial charge in [-0.25, -0.2) is 0 Å². The summed E-state index contributed by atoms with van der Waals surface area (Å²) in [5.74, 6) is 1.20. The minimum Gasteiger partial charge on any atom is -0.493 e. The van der Waals surface area contributed by atoms with E-state index in [2.05, 4.69) is 0 Å². The Morgan fingerprint density at radius 3 is 2.40 bits per heavy atom. The van der Waals surface area contributed by atoms with Gasteiger partial charge < -0.3 is 9.47 Å². The van der Waals surface area contributed by atoms with E-state index in [1.54, 1.807) is 26.4 Å². The quantitative estimate of drug-likeness (QED) is 0.620. The van der Waals surface area contributed by atoms with E-state index >= 15 is 0 Å². The van der Waals surface area contributed by atoms with Crippen LogP contribution in [0.3, 0.4) is 0 Å². The highest BCUT2D eigenvalue weighted by Gasteiger charge is 2.08. The average Bonchev–Trinajstić information content (AvgIpc) is 2.65. The van der Waals surface area contributed by atoms with Crippen LogP contribution >= 0.6 is 11.6 Å². The first-order valence-corrected chi connectivity index (χ1v) is 8.36. The van der Waals surface area contributed by atoms with Crippen molar-refractivity contribution in [2.45, 2.75) is 13.3 Å². The standard InChI is InChI=1S/C21H21ClO3/c1-4-16(14-15-8-11-18(22)12-9-15)19(23)13-10-17-6-5-7-20(24-2)21(17)25-3/h5-14H,4H2,1-3H3/b13-10+,16-14+. The van der Waals surface area contributed by atoms with Crippen LogP contribution in [0.1, 0.15) is 24.5 Å². The highest BCUT2D eigenvalue weighted by Crippen LogP contribution is 2.31. The molecule has 2 aromatic rings. The van der Waals surface area contributed by atoms with Crippen LogP contribution in [0.4, 0.5) is 0 Å². The summed E-state index contributed by atoms with van der Waals surface area (Å²) in [6.45, 7) is 1.96. The van der Waals surface area contributed by atoms with Crippen LogP contribution in [0.15, 0.2) is 54.1 Å². The second-order valence-corrected chi connectivity index (χ2v) is 5.79. The molecular weight excluding hydrogens is 336 g/mol. The summed E-state index contributed by atoms with van der Waals surface area (Å²) in [7, 11) is 3.16. The van der Waals surface area contributed by atoms with Gasteiger partial charge in [0, 0.05) is 10.6 Å². The number of hydrogen-bond donors (Lipinski definition) is 0. The molecule has 0 atom stereocenters. The minimum absolute atomic E-state index is 0.0395. The molecule has 2 rings (SSSR count). The molecule has 0 aromatic heterocycles. The largest absolute Gasteiger partial charge is 0.493 e. The number of benzene rings is 2. The maximum Gasteiger partial charge on any atom is 0.181 e. The summed E-state index contributed by atoms with van der Waals surface area (Å²) in [5.41, 5.74) is 2.46. The summed E-state index contributed by atoms with van der Waals surface area (Å²) < 4.78 is 10.7. The first-order valence-electron chi connectivity index (χ1n) is 7.98. The SMILES string of the molecule is CC/C(=C\c1ccc(Cl)cc1)C(=O)/C=C/c1cccc(OC)c1OC. The van der Waals surface area contributed by atoms with Gasteiger partial charge >= 0.3 is 0 Å². The fourth-order valence-corrected chi connectivity index (χ4v) is 2.55. The zero-order valence-corrected chi connectivity index (χ0v) is 15.3. The summed E-state index contributed by atoms with van der Waals surface area (Å²) in [5, 5.41) is 0.673. The van der Waals surface area contributed by atoms with Gasteiger partial charge in [0.25, 0.3) is 0 Å². The van der Waals surface area contributed by atoms with Crippen LogP contribution in [-0.2, 0) is 4.79 Å². The van der Waals surface area contributed by atoms with Gasteiger partial charge in [0.1, 0.15) is 0 Å². The summed E-state index contributed by atoms with van der Waals surface area (Å²) in [6, 6.07) is 12.9. The molecule has 4 heteroatoms. The second-order valence-electron chi connectivity index (χ2n) is 5.36. The molecule has 0 saturated heterocycles. The summed E-state index contributed by atoms with van der Waals surface area (Å²) >= 11 is 5.89. The van der Waals surface area contributed by atoms with Crippen LogP contribution in [0, 0.1) is 0 Å². The fraction of sp³-hybridized carbons (Fsp3) is 0.190. The van der Waals surface area contributed by atoms with E-state index in [-0.39, 0.29) is 5.78 Å². The van der Waals surface area contributed by atoms with Gasteiger partial charge in [-0.1, -0.05) is 42.8 Å². The Bertz CT molecular complexity index is 789. The molecule has 0 saturated carbocycles. The van der Waals surface area contributed by atoms with Gasteiger partial charge in [0.15, 0.2) is 17.3 Å². The van der Waals surface area contributed by atoms with Gasteiger partial charge in [-0.15, -0.1) is 0 Å². The monoisotopic (exact) mass is 356 g/mol. The van der Waals surface area contributed by atoms with E-state index in [0.717, 1.165) is 16.7 Å². The smallest absolute Gasteiger partial charge is 0.181 e. The van der Waals surface area contributed by atoms with Crippen molar-refractivity contribution in [1.82, 2.24) is 0 Å². The van der Waals surface area contributed by atoms with Gasteiger partial charge in [-0.3, -0.25) is 4.79 Å². The number of carbonyl (C=O) groups excluding carboxylic acids is 1. The maximum atomic E-state index is 12.5. The van der Waals surface area contributed by atoms with E-state index < -0.39 is 0 Å². The molecule has 0 bridgehead atoms. The number of ether oxygens (including phenoxy) is 2. The van der Waals surface area contributed by atoms with Crippen LogP contribution in [-0.4, -0.2) is 20.0 Å². The van der Waals surface area contributed by atoms with Crippen LogP contribution in [0.5, 0.6) is 11.5 Å². The Kier molecular flexibility index (Phi) is 6.84. The van der Waals surface area contributed by atoms with E-state index in [4.69, 9.17) is 21.1 Å². The number of rotatable bonds is 7. The molecule has 130 valence electrons. The van der Waals surface area contributed by atoms with E-state index in [1.165, 1.54) is 0 Å². The molecule has 0 unspecified atom stereocenters. The maximum absolute atomic E-state index is 12.5. The molecule has 0 aliphatic rings. The Morgan fingerprint density at radius 2 is 1.80 bits per heavy atom. The Hall–Kier alpha value is -2.52. The number of halogens is 1. The number of allylic oxidation sites excluding steroid dienone is 2. The third kappa shape index (κ3) is 4.97. The van der Waals surface area contributed by atoms with E-state index in [1.807, 2.05) is 55.5 Å². The number of methoxy groups -OCH3 is 2. The molecule has 0 N–H and O–H groups in total. The normalized spacial score (nSPS) is 11.6. The summed E-state index contributed by atoms with van der Waals surface area (Å²) in [4.78, 5) is 12.5. The molecule has 0 amide bonds. The molecule has 0 heterocycles. The van der Waals surface area contributed by atoms with E-state index in [9.17, 15) is 4.79 Å². The minimum atomic E-state index is -0.0395. The lowest BCUT2D eigenvalue weighted by molar-refractivity contribution is -0.111. The average molecular weight is 357 g/mol. The molecule has 25 heavy (non-hydrogen) atoms. The van der Waals surface area contributed by atoms with Gasteiger partial charge in [0.05, 0.1) is 14.2 Å². The predicted octanol–water partition coefficient (Wildman–Crippen LogP) is 5.43. The first kappa shape index (κ1) is 18.8. The molecule has 3 nitrogen and oxygen atoms in total. The van der Waals surface area contributed by atoms with Crippen molar-refractivity contribution in [3.8, 4) is 11.5 Å². The number of para-hydroxylation sites is 1. The lowest BCUT2D eigenvalue weighted by Gasteiger charge is -2.09. The van der Waals surface area contributed by atoms with Gasteiger partial charge in [0.2, 0.25) is 0 Å². The van der Waals surface area contributed by atoms with Crippen molar-refractivity contribution in [1.29, 1.82) is 0 Å². The molecule has 0 spiro atoms. The van der Waals surface area contributed by atoms with Crippen molar-refractivity contribution in [3.05, 3.63) is 70.3 Å². The number of carbonyl (C=O) groups is 1. The van der Waals surface area contributed by atoms with Crippen molar-refractivity contribution < 1.29 is 14.3 Å². The van der Waals surface area contributed by atoms with Gasteiger partial charge in [-0.2, -0.15) is 0 Å². The van der Waals surface area contributed by atoms with Crippen molar-refractivity contribution >= 4 is 29.5 Å². The highest BCUT2D eigenvalue weighted by molar-refractivity contribution is 6.30. The van der Waals surface area contributed by atoms with Gasteiger partial charge in [-0.05, 0) is 54.0 Å². The molecule has 0 aliphatic heterocycles. The predicted molar refractivity (Wildman–Crippen MR) is 103 cm³/mol. The van der Waals surface area contributed by atoms with E-state index in [0.29, 0.717) is 22.9 Å². The highest BCUT2D eigenvalue weighted by atomic mass is 35.5. The number of ketones is 1. The topological polar surface area (TPSA) is 35.5 Å².